The van der Waals surface area contributed by atoms with E-state index in [1.165, 1.54) is 11.8 Å². The van der Waals surface area contributed by atoms with Gasteiger partial charge < -0.3 is 93.9 Å². The molecule has 476 valence electrons. The number of anilines is 2. The first-order valence-corrected chi connectivity index (χ1v) is 29.1. The van der Waals surface area contributed by atoms with E-state index in [-0.39, 0.29) is 67.3 Å². The van der Waals surface area contributed by atoms with Crippen molar-refractivity contribution in [2.75, 3.05) is 63.9 Å². The van der Waals surface area contributed by atoms with Crippen molar-refractivity contribution in [3.8, 4) is 11.1 Å². The maximum atomic E-state index is 13.9. The smallest absolute Gasteiger partial charge is 0.408 e. The van der Waals surface area contributed by atoms with Gasteiger partial charge in [-0.1, -0.05) is 60.1 Å². The highest BCUT2D eigenvalue weighted by atomic mass is 127. The van der Waals surface area contributed by atoms with Gasteiger partial charge >= 0.3 is 6.09 Å². The van der Waals surface area contributed by atoms with Gasteiger partial charge in [0.1, 0.15) is 60.4 Å². The molecule has 2 aromatic carbocycles. The highest BCUT2D eigenvalue weighted by molar-refractivity contribution is 14.1. The summed E-state index contributed by atoms with van der Waals surface area (Å²) < 4.78 is 8.03. The average molecular weight is 1330 g/mol. The third-order valence-electron chi connectivity index (χ3n) is 13.2. The van der Waals surface area contributed by atoms with Gasteiger partial charge in [-0.15, -0.1) is 0 Å². The summed E-state index contributed by atoms with van der Waals surface area (Å²) in [6, 6.07) is 12.5. The topological polar surface area (TPSA) is 486 Å². The number of carbonyl (C=O) groups is 5. The monoisotopic (exact) mass is 1330 g/mol. The number of rotatable bonds is 36. The number of aliphatic hydroxyl groups is 10. The highest BCUT2D eigenvalue weighted by Crippen LogP contribution is 2.22. The molecular weight excluding hydrogens is 1250 g/mol. The van der Waals surface area contributed by atoms with Crippen LogP contribution in [0.15, 0.2) is 48.5 Å². The number of ether oxygens (including phenoxy) is 1. The van der Waals surface area contributed by atoms with Crippen LogP contribution in [-0.2, 0) is 32.0 Å². The summed E-state index contributed by atoms with van der Waals surface area (Å²) in [7, 11) is 0. The van der Waals surface area contributed by atoms with Crippen molar-refractivity contribution in [3.63, 3.8) is 0 Å². The first-order valence-electron chi connectivity index (χ1n) is 27.6. The van der Waals surface area contributed by atoms with E-state index in [4.69, 9.17) is 33.2 Å². The molecule has 0 aliphatic heterocycles. The molecule has 31 heteroatoms. The van der Waals surface area contributed by atoms with Crippen LogP contribution in [0.5, 0.6) is 0 Å². The second kappa shape index (κ2) is 37.1. The zero-order valence-electron chi connectivity index (χ0n) is 48.0. The number of hydrogen-bond donors (Lipinski definition) is 20. The molecule has 22 N–H and O–H groups in total. The standard InChI is InChI=1S/C54H85ClIN13O16/c1-29(63-53(84)85-54(2,3)4)48(80)65-35(24-62-56)50(82)64-34(12-6-8-23-69(25-36(72)41(76)43(78)38(74)27-70)26-37(73)42(77)44(79)39(75)28-71)49(81)60-22-9-11-31-15-19-33(20-16-31)32-17-13-30(14-18-32)10-5-7-21-61-52(59)68-51(83)40-46(57)67-47(58)45(55)66-40/h13-20,29,34-39,41-44,62,70-79H,5-12,21-28H2,1-4H3,(H,60,81)(H,63,84)(H,64,82)(H,65,80)(H4,57,58,67)(H3,59,61,68,83)/t29-,34-,35-,36-,37-,38+,39+,41+,42+,43+,44+/m0/s1. The maximum absolute atomic E-state index is 13.9. The van der Waals surface area contributed by atoms with Crippen molar-refractivity contribution in [1.29, 1.82) is 5.41 Å². The molecular formula is C54H85ClIN13O16. The summed E-state index contributed by atoms with van der Waals surface area (Å²) in [6.45, 7) is 3.91. The van der Waals surface area contributed by atoms with Gasteiger partial charge in [0.2, 0.25) is 17.7 Å². The first-order chi connectivity index (χ1) is 40.1. The number of unbranched alkanes of at least 4 members (excludes halogenated alkanes) is 2. The first kappa shape index (κ1) is 73.5. The molecule has 1 heterocycles. The van der Waals surface area contributed by atoms with Crippen molar-refractivity contribution >= 4 is 81.8 Å². The molecule has 5 amide bonds. The Morgan fingerprint density at radius 1 is 0.659 bits per heavy atom. The van der Waals surface area contributed by atoms with Gasteiger partial charge in [-0.25, -0.2) is 14.8 Å². The number of carbonyl (C=O) groups excluding carboxylic acids is 5. The van der Waals surface area contributed by atoms with Gasteiger partial charge in [-0.05, 0) is 108 Å². The normalized spacial score (nSPS) is 15.6. The molecule has 0 aliphatic rings. The Kier molecular flexibility index (Phi) is 32.1. The lowest BCUT2D eigenvalue weighted by Gasteiger charge is -2.33. The van der Waals surface area contributed by atoms with E-state index in [9.17, 15) is 75.0 Å². The number of amides is 5. The third kappa shape index (κ3) is 26.0. The number of nitrogens with zero attached hydrogens (tertiary/aromatic N) is 3. The Hall–Kier alpha value is -5.72. The van der Waals surface area contributed by atoms with Crippen LogP contribution in [0.1, 0.15) is 87.8 Å². The molecule has 0 fully saturated rings. The summed E-state index contributed by atoms with van der Waals surface area (Å²) in [5.74, 6) is -3.36. The van der Waals surface area contributed by atoms with Crippen LogP contribution in [-0.4, -0.2) is 227 Å². The summed E-state index contributed by atoms with van der Waals surface area (Å²) >= 11 is 7.63. The quantitative estimate of drug-likeness (QED) is 0.00937. The second-order valence-electron chi connectivity index (χ2n) is 21.3. The Balaban J connectivity index is 1.65. The van der Waals surface area contributed by atoms with Crippen LogP contribution >= 0.6 is 34.5 Å². The zero-order chi connectivity index (χ0) is 63.6. The van der Waals surface area contributed by atoms with Crippen LogP contribution in [0.4, 0.5) is 16.4 Å². The molecule has 0 radical (unpaired) electrons. The molecule has 1 aromatic heterocycles. The van der Waals surface area contributed by atoms with E-state index in [0.29, 0.717) is 25.8 Å². The van der Waals surface area contributed by atoms with Crippen molar-refractivity contribution in [2.24, 2.45) is 0 Å². The van der Waals surface area contributed by atoms with Gasteiger partial charge in [-0.2, -0.15) is 0 Å². The number of nitrogen functional groups attached to an aromatic ring is 2. The number of alkyl carbamates (subject to hydrolysis) is 1. The molecule has 0 aliphatic carbocycles. The molecule has 3 aromatic rings. The molecule has 3 rings (SSSR count). The lowest BCUT2D eigenvalue weighted by atomic mass is 9.99. The van der Waals surface area contributed by atoms with Crippen molar-refractivity contribution in [1.82, 2.24) is 50.3 Å². The molecule has 0 bridgehead atoms. The lowest BCUT2D eigenvalue weighted by Crippen LogP contribution is -2.58. The Labute approximate surface area is 512 Å². The number of aryl methyl sites for hydroxylation is 2. The van der Waals surface area contributed by atoms with Crippen LogP contribution in [0.25, 0.3) is 11.1 Å². The Morgan fingerprint density at radius 2 is 1.16 bits per heavy atom. The number of nitrogens with one attached hydrogen (secondary N) is 8. The number of aliphatic hydroxyl groups excluding tert-OH is 10. The minimum absolute atomic E-state index is 0.00844. The van der Waals surface area contributed by atoms with E-state index in [1.807, 2.05) is 48.5 Å². The van der Waals surface area contributed by atoms with Gasteiger partial charge in [0.05, 0.1) is 25.4 Å². The van der Waals surface area contributed by atoms with Crippen LogP contribution in [0.3, 0.4) is 0 Å². The largest absolute Gasteiger partial charge is 0.444 e. The molecule has 85 heavy (non-hydrogen) atoms. The van der Waals surface area contributed by atoms with Crippen LogP contribution < -0.4 is 46.9 Å². The number of hydrogen-bond acceptors (Lipinski definition) is 23. The van der Waals surface area contributed by atoms with Crippen molar-refractivity contribution in [3.05, 3.63) is 70.5 Å². The summed E-state index contributed by atoms with van der Waals surface area (Å²) in [4.78, 5) is 74.8. The maximum Gasteiger partial charge on any atom is 0.408 e. The SMILES string of the molecule is C[C@H](NC(=O)OC(C)(C)C)C(=O)N[C@@H](CNI)C(=O)N[C@@H](CCCCN(C[C@H](O)[C@@H](O)[C@H](O)[C@H](O)CO)C[C@H](O)[C@@H](O)[C@H](O)[C@H](O)CO)C(=O)NCCCc1ccc(-c2ccc(CCCCNC(=N)NC(=O)c3nc(Cl)c(N)nc3N)cc2)cc1. The number of aromatic nitrogens is 2. The van der Waals surface area contributed by atoms with E-state index in [0.717, 1.165) is 35.1 Å². The zero-order valence-corrected chi connectivity index (χ0v) is 50.9. The van der Waals surface area contributed by atoms with Crippen LogP contribution in [0, 0.1) is 5.41 Å². The average Bonchev–Trinajstić information content (AvgIpc) is 3.46. The summed E-state index contributed by atoms with van der Waals surface area (Å²) in [6.07, 6.45) is -12.4. The lowest BCUT2D eigenvalue weighted by molar-refractivity contribution is -0.132. The fraction of sp³-hybridized carbons (Fsp3) is 0.593. The molecule has 0 saturated heterocycles. The number of nitrogens with two attached hydrogens (primary N) is 2. The van der Waals surface area contributed by atoms with Gasteiger partial charge in [0.25, 0.3) is 5.91 Å². The second-order valence-corrected chi connectivity index (χ2v) is 22.4. The fourth-order valence-corrected chi connectivity index (χ4v) is 8.90. The molecule has 11 atom stereocenters. The van der Waals surface area contributed by atoms with Crippen molar-refractivity contribution in [2.45, 2.75) is 152 Å². The fourth-order valence-electron chi connectivity index (χ4n) is 8.33. The molecule has 29 nitrogen and oxygen atoms in total. The number of halogens is 2. The predicted molar refractivity (Wildman–Crippen MR) is 322 cm³/mol. The Morgan fingerprint density at radius 3 is 1.68 bits per heavy atom. The minimum Gasteiger partial charge on any atom is -0.444 e. The van der Waals surface area contributed by atoms with E-state index < -0.39 is 129 Å². The minimum atomic E-state index is -2.00. The summed E-state index contributed by atoms with van der Waals surface area (Å²) in [5, 5.41) is 125. The van der Waals surface area contributed by atoms with Gasteiger partial charge in [0, 0.05) is 55.6 Å². The van der Waals surface area contributed by atoms with E-state index in [1.54, 1.807) is 43.6 Å². The number of benzene rings is 2. The Bertz CT molecular complexity index is 2550. The molecule has 0 saturated carbocycles. The van der Waals surface area contributed by atoms with E-state index >= 15 is 0 Å². The van der Waals surface area contributed by atoms with Crippen molar-refractivity contribution < 1.29 is 79.8 Å². The molecule has 0 spiro atoms. The van der Waals surface area contributed by atoms with Gasteiger partial charge in [0.15, 0.2) is 28.4 Å². The van der Waals surface area contributed by atoms with Crippen LogP contribution in [0.2, 0.25) is 5.15 Å². The predicted octanol–water partition coefficient (Wildman–Crippen LogP) is -2.55. The highest BCUT2D eigenvalue weighted by Gasteiger charge is 2.35. The van der Waals surface area contributed by atoms with Gasteiger partial charge in [-0.3, -0.25) is 38.3 Å². The molecule has 0 unspecified atom stereocenters. The number of guanidine groups is 1. The third-order valence-corrected chi connectivity index (χ3v) is 13.9. The summed E-state index contributed by atoms with van der Waals surface area (Å²) in [5.41, 5.74) is 14.3. The van der Waals surface area contributed by atoms with E-state index in [2.05, 4.69) is 45.4 Å².